The molecule has 1 heterocycles. The van der Waals surface area contributed by atoms with E-state index in [0.29, 0.717) is 0 Å². The van der Waals surface area contributed by atoms with Crippen LogP contribution in [0.2, 0.25) is 0 Å². The fourth-order valence-electron chi connectivity index (χ4n) is 2.05. The van der Waals surface area contributed by atoms with Gasteiger partial charge in [-0.15, -0.1) is 0 Å². The Hall–Kier alpha value is -2.56. The number of fused-ring (bicyclic) bond motifs is 2. The molecule has 0 spiro atoms. The van der Waals surface area contributed by atoms with E-state index in [1.54, 1.807) is 0 Å². The molecule has 2 aromatic rings. The van der Waals surface area contributed by atoms with Crippen LogP contribution in [0, 0.1) is 0 Å². The minimum Gasteiger partial charge on any atom is -0.508 e. The quantitative estimate of drug-likeness (QED) is 0.540. The summed E-state index contributed by atoms with van der Waals surface area (Å²) in [7, 11) is 0. The highest BCUT2D eigenvalue weighted by atomic mass is 16.3. The van der Waals surface area contributed by atoms with Crippen LogP contribution in [0.1, 0.15) is 31.8 Å². The van der Waals surface area contributed by atoms with Crippen LogP contribution >= 0.6 is 0 Å². The van der Waals surface area contributed by atoms with Gasteiger partial charge < -0.3 is 15.2 Å². The number of ketones is 2. The summed E-state index contributed by atoms with van der Waals surface area (Å²) in [6, 6.07) is 2.23. The molecule has 1 aromatic heterocycles. The minimum absolute atomic E-state index is 0.0274. The smallest absolute Gasteiger partial charge is 0.199 e. The van der Waals surface area contributed by atoms with E-state index in [2.05, 4.69) is 4.98 Å². The number of carbonyl (C=O) groups is 2. The van der Waals surface area contributed by atoms with Crippen LogP contribution in [-0.2, 0) is 0 Å². The van der Waals surface area contributed by atoms with Gasteiger partial charge in [-0.05, 0) is 6.07 Å². The third kappa shape index (κ3) is 1.13. The van der Waals surface area contributed by atoms with Crippen molar-refractivity contribution in [3.05, 3.63) is 46.8 Å². The largest absolute Gasteiger partial charge is 0.508 e. The molecule has 84 valence electrons. The fourth-order valence-corrected chi connectivity index (χ4v) is 2.05. The third-order valence-electron chi connectivity index (χ3n) is 2.81. The normalized spacial score (nSPS) is 13.4. The monoisotopic (exact) mass is 229 g/mol. The highest BCUT2D eigenvalue weighted by Gasteiger charge is 2.33. The molecule has 0 bridgehead atoms. The molecule has 17 heavy (non-hydrogen) atoms. The van der Waals surface area contributed by atoms with E-state index in [9.17, 15) is 19.8 Å². The molecule has 0 saturated carbocycles. The first-order valence-electron chi connectivity index (χ1n) is 4.91. The fraction of sp³-hybridized carbons (Fsp3) is 0. The lowest BCUT2D eigenvalue weighted by Crippen LogP contribution is -2.19. The standard InChI is InChI=1S/C12H7NO4/c14-5-1-6-10(9(15)2-5)12(17)8-4-13-3-7(8)11(6)16/h1-4,13-15H. The summed E-state index contributed by atoms with van der Waals surface area (Å²) in [4.78, 5) is 26.7. The van der Waals surface area contributed by atoms with E-state index < -0.39 is 5.78 Å². The summed E-state index contributed by atoms with van der Waals surface area (Å²) in [6.07, 6.45) is 2.85. The Morgan fingerprint density at radius 1 is 0.882 bits per heavy atom. The van der Waals surface area contributed by atoms with Crippen molar-refractivity contribution in [3.63, 3.8) is 0 Å². The Balaban J connectivity index is 2.38. The van der Waals surface area contributed by atoms with Crippen LogP contribution in [0.5, 0.6) is 11.5 Å². The first-order valence-corrected chi connectivity index (χ1v) is 4.91. The van der Waals surface area contributed by atoms with Crippen LogP contribution in [0.15, 0.2) is 24.5 Å². The number of phenols is 2. The lowest BCUT2D eigenvalue weighted by atomic mass is 9.86. The third-order valence-corrected chi connectivity index (χ3v) is 2.81. The molecule has 0 atom stereocenters. The van der Waals surface area contributed by atoms with Gasteiger partial charge in [0.2, 0.25) is 0 Å². The molecule has 1 aliphatic rings. The zero-order valence-corrected chi connectivity index (χ0v) is 8.52. The van der Waals surface area contributed by atoms with Crippen LogP contribution in [0.3, 0.4) is 0 Å². The van der Waals surface area contributed by atoms with Crippen molar-refractivity contribution >= 4 is 11.6 Å². The number of hydrogen-bond donors (Lipinski definition) is 3. The molecule has 0 fully saturated rings. The highest BCUT2D eigenvalue weighted by Crippen LogP contribution is 2.35. The van der Waals surface area contributed by atoms with E-state index in [4.69, 9.17) is 0 Å². The van der Waals surface area contributed by atoms with Crippen molar-refractivity contribution in [1.29, 1.82) is 0 Å². The summed E-state index contributed by atoms with van der Waals surface area (Å²) in [6.45, 7) is 0. The second kappa shape index (κ2) is 2.98. The lowest BCUT2D eigenvalue weighted by Gasteiger charge is -2.15. The number of H-pyrrole nitrogens is 1. The second-order valence-electron chi connectivity index (χ2n) is 3.83. The van der Waals surface area contributed by atoms with E-state index in [0.717, 1.165) is 6.07 Å². The Labute approximate surface area is 95.3 Å². The molecule has 1 aliphatic carbocycles. The summed E-state index contributed by atoms with van der Waals surface area (Å²) in [5, 5.41) is 19.0. The Kier molecular flexibility index (Phi) is 1.69. The van der Waals surface area contributed by atoms with Gasteiger partial charge in [0.1, 0.15) is 11.5 Å². The van der Waals surface area contributed by atoms with Gasteiger partial charge in [-0.2, -0.15) is 0 Å². The van der Waals surface area contributed by atoms with E-state index in [1.807, 2.05) is 0 Å². The van der Waals surface area contributed by atoms with Crippen LogP contribution in [0.4, 0.5) is 0 Å². The second-order valence-corrected chi connectivity index (χ2v) is 3.83. The van der Waals surface area contributed by atoms with Gasteiger partial charge in [0.25, 0.3) is 0 Å². The summed E-state index contributed by atoms with van der Waals surface area (Å²) < 4.78 is 0. The van der Waals surface area contributed by atoms with E-state index >= 15 is 0 Å². The number of benzene rings is 1. The molecule has 3 N–H and O–H groups in total. The first kappa shape index (κ1) is 9.65. The predicted molar refractivity (Wildman–Crippen MR) is 57.4 cm³/mol. The zero-order valence-electron chi connectivity index (χ0n) is 8.52. The first-order chi connectivity index (χ1) is 8.09. The molecule has 0 aliphatic heterocycles. The number of carbonyl (C=O) groups excluding carboxylic acids is 2. The number of aromatic amines is 1. The van der Waals surface area contributed by atoms with Crippen molar-refractivity contribution < 1.29 is 19.8 Å². The zero-order chi connectivity index (χ0) is 12.2. The van der Waals surface area contributed by atoms with Crippen LogP contribution in [0.25, 0.3) is 0 Å². The summed E-state index contributed by atoms with van der Waals surface area (Å²) in [5.74, 6) is -1.44. The molecule has 0 radical (unpaired) electrons. The number of aromatic hydroxyl groups is 2. The van der Waals surface area contributed by atoms with Gasteiger partial charge in [0, 0.05) is 24.0 Å². The van der Waals surface area contributed by atoms with Gasteiger partial charge in [-0.1, -0.05) is 0 Å². The summed E-state index contributed by atoms with van der Waals surface area (Å²) >= 11 is 0. The van der Waals surface area contributed by atoms with Crippen molar-refractivity contribution in [2.24, 2.45) is 0 Å². The molecule has 5 heteroatoms. The average Bonchev–Trinajstić information content (AvgIpc) is 2.74. The average molecular weight is 229 g/mol. The molecular weight excluding hydrogens is 222 g/mol. The number of hydrogen-bond acceptors (Lipinski definition) is 4. The van der Waals surface area contributed by atoms with E-state index in [1.165, 1.54) is 18.5 Å². The maximum absolute atomic E-state index is 12.0. The van der Waals surface area contributed by atoms with Gasteiger partial charge in [0.15, 0.2) is 11.6 Å². The van der Waals surface area contributed by atoms with Crippen LogP contribution in [-0.4, -0.2) is 26.8 Å². The van der Waals surface area contributed by atoms with Gasteiger partial charge >= 0.3 is 0 Å². The van der Waals surface area contributed by atoms with Crippen molar-refractivity contribution in [3.8, 4) is 11.5 Å². The van der Waals surface area contributed by atoms with Crippen molar-refractivity contribution in [2.45, 2.75) is 0 Å². The molecule has 1 aromatic carbocycles. The van der Waals surface area contributed by atoms with Gasteiger partial charge in [-0.25, -0.2) is 0 Å². The molecule has 0 unspecified atom stereocenters. The number of nitrogens with one attached hydrogen (secondary N) is 1. The highest BCUT2D eigenvalue weighted by molar-refractivity contribution is 6.29. The molecule has 0 saturated heterocycles. The maximum Gasteiger partial charge on any atom is 0.199 e. The number of phenolic OH excluding ortho intramolecular Hbond substituents is 2. The molecular formula is C12H7NO4. The molecule has 5 nitrogen and oxygen atoms in total. The van der Waals surface area contributed by atoms with E-state index in [-0.39, 0.29) is 39.5 Å². The topological polar surface area (TPSA) is 90.4 Å². The minimum atomic E-state index is -0.423. The lowest BCUT2D eigenvalue weighted by molar-refractivity contribution is 0.0977. The Bertz CT molecular complexity index is 669. The number of rotatable bonds is 0. The summed E-state index contributed by atoms with van der Waals surface area (Å²) in [5.41, 5.74) is 0.468. The van der Waals surface area contributed by atoms with Gasteiger partial charge in [0.05, 0.1) is 16.7 Å². The number of aromatic nitrogens is 1. The van der Waals surface area contributed by atoms with Gasteiger partial charge in [-0.3, -0.25) is 9.59 Å². The van der Waals surface area contributed by atoms with Crippen molar-refractivity contribution in [2.75, 3.05) is 0 Å². The van der Waals surface area contributed by atoms with Crippen molar-refractivity contribution in [1.82, 2.24) is 4.98 Å². The Morgan fingerprint density at radius 2 is 1.53 bits per heavy atom. The maximum atomic E-state index is 12.0. The molecule has 3 rings (SSSR count). The Morgan fingerprint density at radius 3 is 2.24 bits per heavy atom. The predicted octanol–water partition coefficient (Wildman–Crippen LogP) is 1.20. The van der Waals surface area contributed by atoms with Crippen LogP contribution < -0.4 is 0 Å². The molecule has 0 amide bonds. The SMILES string of the molecule is O=C1c2c[nH]cc2C(=O)c2c(O)cc(O)cc21.